The average Bonchev–Trinajstić information content (AvgIpc) is 2.89. The summed E-state index contributed by atoms with van der Waals surface area (Å²) in [6.07, 6.45) is 8.97. The molecule has 0 aliphatic carbocycles. The van der Waals surface area contributed by atoms with Gasteiger partial charge in [-0.3, -0.25) is 0 Å². The molecule has 180 valence electrons. The molecule has 0 atom stereocenters. The van der Waals surface area contributed by atoms with Gasteiger partial charge in [-0.25, -0.2) is 27.8 Å². The fourth-order valence-electron chi connectivity index (χ4n) is 3.61. The Labute approximate surface area is 205 Å². The van der Waals surface area contributed by atoms with Crippen LogP contribution in [0.5, 0.6) is 0 Å². The Morgan fingerprint density at radius 3 is 2.29 bits per heavy atom. The monoisotopic (exact) mass is 491 g/mol. The zero-order valence-corrected chi connectivity index (χ0v) is 20.0. The van der Waals surface area contributed by atoms with E-state index in [-0.39, 0.29) is 5.82 Å². The second-order valence-corrected chi connectivity index (χ2v) is 9.84. The summed E-state index contributed by atoms with van der Waals surface area (Å²) in [5, 5.41) is 1.31. The first-order valence-corrected chi connectivity index (χ1v) is 12.9. The number of unbranched alkanes of at least 4 members (excludes halogenated alkanes) is 1. The van der Waals surface area contributed by atoms with Crippen molar-refractivity contribution >= 4 is 15.8 Å². The standard InChI is InChI=1S/C26H26FN5O2S/c27-24-11-8-22(9-12-24)6-7-23-10-13-26(30-21-23)31-16-18-32(19-17-31)35(33,34)20-3-1-2-5-25-28-14-4-15-29-25/h3-4,8-15,20-21H,1-2,5,16-19H2/b20-3-. The van der Waals surface area contributed by atoms with Crippen molar-refractivity contribution in [3.63, 3.8) is 0 Å². The highest BCUT2D eigenvalue weighted by molar-refractivity contribution is 7.92. The maximum atomic E-state index is 13.0. The third-order valence-electron chi connectivity index (χ3n) is 5.52. The van der Waals surface area contributed by atoms with Crippen molar-refractivity contribution < 1.29 is 12.8 Å². The molecule has 35 heavy (non-hydrogen) atoms. The Kier molecular flexibility index (Phi) is 8.19. The van der Waals surface area contributed by atoms with Crippen molar-refractivity contribution in [3.8, 4) is 11.8 Å². The third-order valence-corrected chi connectivity index (χ3v) is 7.15. The molecule has 1 aliphatic heterocycles. The molecule has 1 aromatic carbocycles. The molecule has 4 rings (SSSR count). The molecule has 0 N–H and O–H groups in total. The molecular formula is C26H26FN5O2S. The Morgan fingerprint density at radius 2 is 1.60 bits per heavy atom. The lowest BCUT2D eigenvalue weighted by Crippen LogP contribution is -2.48. The number of benzene rings is 1. The summed E-state index contributed by atoms with van der Waals surface area (Å²) >= 11 is 0. The predicted molar refractivity (Wildman–Crippen MR) is 133 cm³/mol. The molecule has 1 fully saturated rings. The maximum absolute atomic E-state index is 13.0. The van der Waals surface area contributed by atoms with Crippen molar-refractivity contribution in [2.45, 2.75) is 19.3 Å². The number of rotatable bonds is 7. The van der Waals surface area contributed by atoms with Gasteiger partial charge in [0, 0.05) is 67.7 Å². The summed E-state index contributed by atoms with van der Waals surface area (Å²) in [5.41, 5.74) is 1.48. The molecule has 0 bridgehead atoms. The van der Waals surface area contributed by atoms with E-state index in [2.05, 4.69) is 31.7 Å². The van der Waals surface area contributed by atoms with Gasteiger partial charge in [0.2, 0.25) is 10.0 Å². The molecule has 1 aliphatic rings. The van der Waals surface area contributed by atoms with Gasteiger partial charge in [0.05, 0.1) is 0 Å². The summed E-state index contributed by atoms with van der Waals surface area (Å²) < 4.78 is 39.8. The topological polar surface area (TPSA) is 79.3 Å². The van der Waals surface area contributed by atoms with E-state index in [0.29, 0.717) is 39.0 Å². The number of aromatic nitrogens is 3. The van der Waals surface area contributed by atoms with Crippen LogP contribution < -0.4 is 4.90 Å². The van der Waals surface area contributed by atoms with Gasteiger partial charge in [0.25, 0.3) is 0 Å². The largest absolute Gasteiger partial charge is 0.354 e. The molecule has 3 heterocycles. The predicted octanol–water partition coefficient (Wildman–Crippen LogP) is 3.40. The first kappa shape index (κ1) is 24.5. The van der Waals surface area contributed by atoms with Gasteiger partial charge in [-0.2, -0.15) is 4.31 Å². The van der Waals surface area contributed by atoms with Gasteiger partial charge >= 0.3 is 0 Å². The van der Waals surface area contributed by atoms with E-state index in [0.717, 1.165) is 29.2 Å². The first-order chi connectivity index (χ1) is 17.0. The average molecular weight is 492 g/mol. The molecule has 0 radical (unpaired) electrons. The zero-order valence-electron chi connectivity index (χ0n) is 19.2. The van der Waals surface area contributed by atoms with Gasteiger partial charge < -0.3 is 4.90 Å². The number of sulfonamides is 1. The van der Waals surface area contributed by atoms with E-state index in [1.165, 1.54) is 21.8 Å². The Morgan fingerprint density at radius 1 is 0.914 bits per heavy atom. The number of aryl methyl sites for hydroxylation is 1. The molecule has 7 nitrogen and oxygen atoms in total. The Hall–Kier alpha value is -3.61. The number of allylic oxidation sites excluding steroid dienone is 1. The number of hydrogen-bond donors (Lipinski definition) is 0. The van der Waals surface area contributed by atoms with Crippen LogP contribution in [0, 0.1) is 17.7 Å². The van der Waals surface area contributed by atoms with Crippen LogP contribution in [0.3, 0.4) is 0 Å². The molecule has 1 saturated heterocycles. The minimum absolute atomic E-state index is 0.292. The molecule has 0 spiro atoms. The molecule has 0 unspecified atom stereocenters. The molecular weight excluding hydrogens is 465 g/mol. The number of nitrogens with zero attached hydrogens (tertiary/aromatic N) is 5. The summed E-state index contributed by atoms with van der Waals surface area (Å²) in [5.74, 6) is 7.26. The summed E-state index contributed by atoms with van der Waals surface area (Å²) in [6, 6.07) is 11.6. The molecule has 3 aromatic rings. The number of hydrogen-bond acceptors (Lipinski definition) is 6. The van der Waals surface area contributed by atoms with Gasteiger partial charge in [0.15, 0.2) is 0 Å². The quantitative estimate of drug-likeness (QED) is 0.372. The minimum Gasteiger partial charge on any atom is -0.354 e. The second-order valence-electron chi connectivity index (χ2n) is 8.02. The van der Waals surface area contributed by atoms with Gasteiger partial charge in [-0.1, -0.05) is 17.9 Å². The van der Waals surface area contributed by atoms with Gasteiger partial charge in [0.1, 0.15) is 17.5 Å². The SMILES string of the molecule is O=S(=O)(/C=C\CCCc1ncccn1)N1CCN(c2ccc(C#Cc3ccc(F)cc3)cn2)CC1. The third kappa shape index (κ3) is 7.18. The summed E-state index contributed by atoms with van der Waals surface area (Å²) in [4.78, 5) is 14.9. The van der Waals surface area contributed by atoms with E-state index >= 15 is 0 Å². The first-order valence-electron chi connectivity index (χ1n) is 11.4. The van der Waals surface area contributed by atoms with Crippen LogP contribution in [0.15, 0.2) is 72.5 Å². The lowest BCUT2D eigenvalue weighted by molar-refractivity contribution is 0.388. The normalized spacial score (nSPS) is 14.6. The number of anilines is 1. The highest BCUT2D eigenvalue weighted by Gasteiger charge is 2.25. The van der Waals surface area contributed by atoms with Crippen LogP contribution in [0.1, 0.15) is 29.8 Å². The lowest BCUT2D eigenvalue weighted by atomic mass is 10.2. The molecule has 0 amide bonds. The van der Waals surface area contributed by atoms with Crippen molar-refractivity contribution in [2.75, 3.05) is 31.1 Å². The van der Waals surface area contributed by atoms with Crippen molar-refractivity contribution in [1.29, 1.82) is 0 Å². The Bertz CT molecular complexity index is 1290. The number of halogens is 1. The van der Waals surface area contributed by atoms with Gasteiger partial charge in [-0.05, 0) is 55.3 Å². The van der Waals surface area contributed by atoms with Crippen molar-refractivity contribution in [1.82, 2.24) is 19.3 Å². The summed E-state index contributed by atoms with van der Waals surface area (Å²) in [6.45, 7) is 1.93. The zero-order chi connectivity index (χ0) is 24.5. The van der Waals surface area contributed by atoms with Crippen LogP contribution in [0.2, 0.25) is 0 Å². The van der Waals surface area contributed by atoms with Crippen LogP contribution in [0.4, 0.5) is 10.2 Å². The fraction of sp³-hybridized carbons (Fsp3) is 0.269. The van der Waals surface area contributed by atoms with Crippen molar-refractivity contribution in [2.24, 2.45) is 0 Å². The summed E-state index contributed by atoms with van der Waals surface area (Å²) in [7, 11) is -3.44. The van der Waals surface area contributed by atoms with Crippen LogP contribution in [0.25, 0.3) is 0 Å². The van der Waals surface area contributed by atoms with E-state index in [1.54, 1.807) is 42.9 Å². The van der Waals surface area contributed by atoms with Crippen LogP contribution in [-0.2, 0) is 16.4 Å². The molecule has 0 saturated carbocycles. The fourth-order valence-corrected chi connectivity index (χ4v) is 4.83. The maximum Gasteiger partial charge on any atom is 0.236 e. The van der Waals surface area contributed by atoms with Crippen LogP contribution >= 0.6 is 0 Å². The number of piperazine rings is 1. The Balaban J connectivity index is 1.25. The minimum atomic E-state index is -3.44. The highest BCUT2D eigenvalue weighted by atomic mass is 32.2. The number of pyridine rings is 1. The van der Waals surface area contributed by atoms with E-state index in [9.17, 15) is 12.8 Å². The molecule has 2 aromatic heterocycles. The lowest BCUT2D eigenvalue weighted by Gasteiger charge is -2.34. The smallest absolute Gasteiger partial charge is 0.236 e. The second kappa shape index (κ2) is 11.7. The van der Waals surface area contributed by atoms with Crippen molar-refractivity contribution in [3.05, 3.63) is 95.3 Å². The van der Waals surface area contributed by atoms with E-state index < -0.39 is 10.0 Å². The highest BCUT2D eigenvalue weighted by Crippen LogP contribution is 2.16. The van der Waals surface area contributed by atoms with E-state index in [1.807, 2.05) is 12.1 Å². The van der Waals surface area contributed by atoms with E-state index in [4.69, 9.17) is 0 Å². The van der Waals surface area contributed by atoms with Crippen LogP contribution in [-0.4, -0.2) is 53.9 Å². The molecule has 9 heteroatoms. The van der Waals surface area contributed by atoms with Gasteiger partial charge in [-0.15, -0.1) is 0 Å².